The van der Waals surface area contributed by atoms with E-state index >= 15 is 0 Å². The molecule has 1 aromatic carbocycles. The predicted molar refractivity (Wildman–Crippen MR) is 99.0 cm³/mol. The van der Waals surface area contributed by atoms with Crippen LogP contribution >= 0.6 is 0 Å². The van der Waals surface area contributed by atoms with Gasteiger partial charge in [0.15, 0.2) is 0 Å². The number of allylic oxidation sites excluding steroid dienone is 1. The standard InChI is InChI=1S/C19H18F3N5O/c20-19(21,22)13-3-1-4-14(11-13)25-18(28)27-9-7-26(8-10-27)17-15-5-2-6-16(15)23-12-24-17/h1-5,11-12H,6-10H2,(H,25,28). The summed E-state index contributed by atoms with van der Waals surface area (Å²) in [5.74, 6) is 0.858. The number of halogens is 3. The Kier molecular flexibility index (Phi) is 4.66. The van der Waals surface area contributed by atoms with Gasteiger partial charge in [0.05, 0.1) is 11.3 Å². The van der Waals surface area contributed by atoms with Crippen LogP contribution in [0.4, 0.5) is 29.5 Å². The van der Waals surface area contributed by atoms with Gasteiger partial charge in [0.25, 0.3) is 0 Å². The second-order valence-corrected chi connectivity index (χ2v) is 6.65. The first-order valence-corrected chi connectivity index (χ1v) is 8.90. The van der Waals surface area contributed by atoms with Crippen LogP contribution in [-0.2, 0) is 12.6 Å². The minimum absolute atomic E-state index is 0.126. The van der Waals surface area contributed by atoms with Crippen molar-refractivity contribution in [2.24, 2.45) is 0 Å². The average Bonchev–Trinajstić information content (AvgIpc) is 3.16. The summed E-state index contributed by atoms with van der Waals surface area (Å²) in [6.07, 6.45) is 1.95. The number of nitrogens with zero attached hydrogens (tertiary/aromatic N) is 4. The topological polar surface area (TPSA) is 61.4 Å². The fourth-order valence-electron chi connectivity index (χ4n) is 3.39. The molecule has 28 heavy (non-hydrogen) atoms. The van der Waals surface area contributed by atoms with Gasteiger partial charge in [-0.25, -0.2) is 14.8 Å². The number of amides is 2. The molecule has 4 rings (SSSR count). The lowest BCUT2D eigenvalue weighted by Crippen LogP contribution is -2.50. The Morgan fingerprint density at radius 3 is 2.64 bits per heavy atom. The lowest BCUT2D eigenvalue weighted by Gasteiger charge is -2.36. The summed E-state index contributed by atoms with van der Waals surface area (Å²) in [4.78, 5) is 24.8. The Balaban J connectivity index is 1.39. The SMILES string of the molecule is O=C(Nc1cccc(C(F)(F)F)c1)N1CCN(c2ncnc3c2C=CC3)CC1. The van der Waals surface area contributed by atoms with E-state index in [1.165, 1.54) is 12.1 Å². The van der Waals surface area contributed by atoms with Gasteiger partial charge in [-0.15, -0.1) is 0 Å². The third-order valence-corrected chi connectivity index (χ3v) is 4.85. The highest BCUT2D eigenvalue weighted by Gasteiger charge is 2.31. The van der Waals surface area contributed by atoms with Gasteiger partial charge in [0.1, 0.15) is 12.1 Å². The molecule has 1 aliphatic carbocycles. The van der Waals surface area contributed by atoms with Gasteiger partial charge in [0.2, 0.25) is 0 Å². The Morgan fingerprint density at radius 1 is 1.11 bits per heavy atom. The second kappa shape index (κ2) is 7.14. The van der Waals surface area contributed by atoms with E-state index in [9.17, 15) is 18.0 Å². The van der Waals surface area contributed by atoms with Gasteiger partial charge >= 0.3 is 12.2 Å². The number of alkyl halides is 3. The number of hydrogen-bond donors (Lipinski definition) is 1. The molecule has 0 saturated carbocycles. The molecule has 146 valence electrons. The van der Waals surface area contributed by atoms with Crippen molar-refractivity contribution in [1.82, 2.24) is 14.9 Å². The van der Waals surface area contributed by atoms with Crippen LogP contribution in [-0.4, -0.2) is 47.1 Å². The first-order chi connectivity index (χ1) is 13.4. The molecular weight excluding hydrogens is 371 g/mol. The van der Waals surface area contributed by atoms with Gasteiger partial charge in [-0.3, -0.25) is 0 Å². The van der Waals surface area contributed by atoms with Crippen molar-refractivity contribution in [1.29, 1.82) is 0 Å². The maximum atomic E-state index is 12.8. The molecule has 0 bridgehead atoms. The Labute approximate surface area is 159 Å². The van der Waals surface area contributed by atoms with E-state index in [0.717, 1.165) is 35.6 Å². The van der Waals surface area contributed by atoms with E-state index < -0.39 is 17.8 Å². The lowest BCUT2D eigenvalue weighted by atomic mass is 10.2. The van der Waals surface area contributed by atoms with Gasteiger partial charge in [0, 0.05) is 43.9 Å². The molecule has 9 heteroatoms. The fourth-order valence-corrected chi connectivity index (χ4v) is 3.39. The zero-order valence-electron chi connectivity index (χ0n) is 14.9. The highest BCUT2D eigenvalue weighted by atomic mass is 19.4. The van der Waals surface area contributed by atoms with Crippen molar-refractivity contribution in [3.8, 4) is 0 Å². The van der Waals surface area contributed by atoms with E-state index in [0.29, 0.717) is 26.2 Å². The number of carbonyl (C=O) groups is 1. The first kappa shape index (κ1) is 18.3. The zero-order valence-corrected chi connectivity index (χ0v) is 14.9. The van der Waals surface area contributed by atoms with Crippen LogP contribution in [0.5, 0.6) is 0 Å². The average molecular weight is 389 g/mol. The molecule has 0 spiro atoms. The molecule has 2 amide bonds. The minimum Gasteiger partial charge on any atom is -0.352 e. The van der Waals surface area contributed by atoms with Gasteiger partial charge in [-0.1, -0.05) is 18.2 Å². The fraction of sp³-hybridized carbons (Fsp3) is 0.316. The van der Waals surface area contributed by atoms with Crippen LogP contribution in [0.15, 0.2) is 36.7 Å². The molecule has 1 aliphatic heterocycles. The number of urea groups is 1. The molecule has 0 radical (unpaired) electrons. The molecule has 1 N–H and O–H groups in total. The maximum absolute atomic E-state index is 12.8. The molecule has 1 aromatic heterocycles. The number of aromatic nitrogens is 2. The number of nitrogens with one attached hydrogen (secondary N) is 1. The van der Waals surface area contributed by atoms with E-state index in [-0.39, 0.29) is 5.69 Å². The van der Waals surface area contributed by atoms with Gasteiger partial charge in [-0.2, -0.15) is 13.2 Å². The van der Waals surface area contributed by atoms with Crippen molar-refractivity contribution in [3.63, 3.8) is 0 Å². The Hall–Kier alpha value is -3.10. The summed E-state index contributed by atoms with van der Waals surface area (Å²) >= 11 is 0. The Bertz CT molecular complexity index is 920. The van der Waals surface area contributed by atoms with E-state index in [1.54, 1.807) is 11.2 Å². The van der Waals surface area contributed by atoms with Crippen LogP contribution in [0, 0.1) is 0 Å². The normalized spacial score (nSPS) is 16.2. The predicted octanol–water partition coefficient (Wildman–Crippen LogP) is 3.42. The second-order valence-electron chi connectivity index (χ2n) is 6.65. The number of benzene rings is 1. The smallest absolute Gasteiger partial charge is 0.352 e. The van der Waals surface area contributed by atoms with Crippen LogP contribution in [0.25, 0.3) is 6.08 Å². The monoisotopic (exact) mass is 389 g/mol. The first-order valence-electron chi connectivity index (χ1n) is 8.90. The number of anilines is 2. The molecule has 6 nitrogen and oxygen atoms in total. The zero-order chi connectivity index (χ0) is 19.7. The van der Waals surface area contributed by atoms with Gasteiger partial charge < -0.3 is 15.1 Å². The lowest BCUT2D eigenvalue weighted by molar-refractivity contribution is -0.137. The molecule has 0 unspecified atom stereocenters. The van der Waals surface area contributed by atoms with Crippen LogP contribution in [0.1, 0.15) is 16.8 Å². The summed E-state index contributed by atoms with van der Waals surface area (Å²) in [5.41, 5.74) is 1.35. The number of rotatable bonds is 2. The maximum Gasteiger partial charge on any atom is 0.416 e. The summed E-state index contributed by atoms with van der Waals surface area (Å²) in [6, 6.07) is 4.22. The number of hydrogen-bond acceptors (Lipinski definition) is 4. The van der Waals surface area contributed by atoms with Crippen LogP contribution < -0.4 is 10.2 Å². The van der Waals surface area contributed by atoms with Crippen molar-refractivity contribution in [2.75, 3.05) is 36.4 Å². The quantitative estimate of drug-likeness (QED) is 0.855. The van der Waals surface area contributed by atoms with E-state index in [2.05, 4.69) is 20.2 Å². The van der Waals surface area contributed by atoms with Crippen molar-refractivity contribution in [3.05, 3.63) is 53.5 Å². The number of carbonyl (C=O) groups excluding carboxylic acids is 1. The summed E-state index contributed by atoms with van der Waals surface area (Å²) in [5, 5.41) is 2.55. The molecule has 0 atom stereocenters. The largest absolute Gasteiger partial charge is 0.416 e. The third kappa shape index (κ3) is 3.64. The third-order valence-electron chi connectivity index (χ3n) is 4.85. The van der Waals surface area contributed by atoms with Crippen LogP contribution in [0.2, 0.25) is 0 Å². The number of fused-ring (bicyclic) bond motifs is 1. The molecule has 2 aliphatic rings. The number of piperazine rings is 1. The van der Waals surface area contributed by atoms with Gasteiger partial charge in [-0.05, 0) is 18.2 Å². The molecule has 1 saturated heterocycles. The van der Waals surface area contributed by atoms with Crippen molar-refractivity contribution >= 4 is 23.6 Å². The molecule has 2 aromatic rings. The summed E-state index contributed by atoms with van der Waals surface area (Å²) in [7, 11) is 0. The highest BCUT2D eigenvalue weighted by Crippen LogP contribution is 2.31. The Morgan fingerprint density at radius 2 is 1.89 bits per heavy atom. The van der Waals surface area contributed by atoms with Crippen LogP contribution in [0.3, 0.4) is 0 Å². The van der Waals surface area contributed by atoms with E-state index in [4.69, 9.17) is 0 Å². The highest BCUT2D eigenvalue weighted by molar-refractivity contribution is 5.89. The van der Waals surface area contributed by atoms with E-state index in [1.807, 2.05) is 12.2 Å². The molecule has 1 fully saturated rings. The summed E-state index contributed by atoms with van der Waals surface area (Å²) in [6.45, 7) is 2.08. The van der Waals surface area contributed by atoms with Crippen molar-refractivity contribution in [2.45, 2.75) is 12.6 Å². The minimum atomic E-state index is -4.45. The molecule has 2 heterocycles. The summed E-state index contributed by atoms with van der Waals surface area (Å²) < 4.78 is 38.4. The van der Waals surface area contributed by atoms with Crippen molar-refractivity contribution < 1.29 is 18.0 Å². The molecular formula is C19H18F3N5O.